The van der Waals surface area contributed by atoms with Gasteiger partial charge in [-0.2, -0.15) is 0 Å². The quantitative estimate of drug-likeness (QED) is 0.252. The van der Waals surface area contributed by atoms with Crippen molar-refractivity contribution < 1.29 is 17.9 Å². The third-order valence-corrected chi connectivity index (χ3v) is 11.9. The molecule has 1 saturated heterocycles. The summed E-state index contributed by atoms with van der Waals surface area (Å²) in [6.07, 6.45) is 7.61. The minimum absolute atomic E-state index is 0.0369. The Labute approximate surface area is 212 Å². The molecule has 4 rings (SSSR count). The van der Waals surface area contributed by atoms with Gasteiger partial charge in [0.05, 0.1) is 22.5 Å². The third-order valence-electron chi connectivity index (χ3n) is 6.27. The first kappa shape index (κ1) is 25.7. The van der Waals surface area contributed by atoms with Crippen molar-refractivity contribution in [2.75, 3.05) is 5.75 Å². The second kappa shape index (κ2) is 10.3. The number of rotatable bonds is 8. The lowest BCUT2D eigenvalue weighted by Crippen LogP contribution is -2.44. The first-order valence-corrected chi connectivity index (χ1v) is 18.2. The Bertz CT molecular complexity index is 1270. The number of thiophene rings is 1. The van der Waals surface area contributed by atoms with Gasteiger partial charge in [0.25, 0.3) is 0 Å². The largest absolute Gasteiger partial charge is 0.437 e. The van der Waals surface area contributed by atoms with Crippen molar-refractivity contribution in [1.29, 1.82) is 0 Å². The number of sulfone groups is 1. The summed E-state index contributed by atoms with van der Waals surface area (Å²) < 4.78 is 32.6. The predicted molar refractivity (Wildman–Crippen MR) is 144 cm³/mol. The molecule has 0 radical (unpaired) electrons. The molecule has 3 heterocycles. The number of ether oxygens (including phenoxy) is 1. The van der Waals surface area contributed by atoms with E-state index in [1.807, 2.05) is 36.4 Å². The van der Waals surface area contributed by atoms with Crippen LogP contribution in [0.4, 0.5) is 0 Å². The molecule has 3 aromatic rings. The summed E-state index contributed by atoms with van der Waals surface area (Å²) in [6.45, 7) is 6.79. The van der Waals surface area contributed by atoms with Gasteiger partial charge in [-0.3, -0.25) is 14.8 Å². The van der Waals surface area contributed by atoms with E-state index in [9.17, 15) is 13.2 Å². The molecular formula is C26H32N2O4S2Si. The van der Waals surface area contributed by atoms with Gasteiger partial charge in [0.1, 0.15) is 0 Å². The van der Waals surface area contributed by atoms with Crippen LogP contribution in [0.15, 0.2) is 55.0 Å². The van der Waals surface area contributed by atoms with Gasteiger partial charge in [0.2, 0.25) is 4.93 Å². The highest BCUT2D eigenvalue weighted by molar-refractivity contribution is 7.92. The fraction of sp³-hybridized carbons (Fsp3) is 0.423. The van der Waals surface area contributed by atoms with Gasteiger partial charge in [-0.15, -0.1) is 11.3 Å². The number of carbonyl (C=O) groups excluding carboxylic acids is 1. The van der Waals surface area contributed by atoms with Gasteiger partial charge >= 0.3 is 5.97 Å². The molecule has 0 bridgehead atoms. The van der Waals surface area contributed by atoms with Crippen LogP contribution in [0.25, 0.3) is 21.7 Å². The maximum absolute atomic E-state index is 13.3. The Hall–Kier alpha value is -2.36. The lowest BCUT2D eigenvalue weighted by Gasteiger charge is -2.35. The van der Waals surface area contributed by atoms with E-state index < -0.39 is 28.8 Å². The summed E-state index contributed by atoms with van der Waals surface area (Å²) in [6, 6.07) is 12.7. The van der Waals surface area contributed by atoms with Crippen LogP contribution in [0.5, 0.6) is 0 Å². The number of carbonyl (C=O) groups is 1. The number of aromatic nitrogens is 2. The number of hydrogen-bond donors (Lipinski definition) is 0. The Morgan fingerprint density at radius 3 is 2.46 bits per heavy atom. The summed E-state index contributed by atoms with van der Waals surface area (Å²) in [4.78, 5) is 21.2. The maximum atomic E-state index is 13.3. The van der Waals surface area contributed by atoms with Crippen molar-refractivity contribution in [2.45, 2.75) is 62.7 Å². The Morgan fingerprint density at radius 1 is 1.06 bits per heavy atom. The first-order valence-electron chi connectivity index (χ1n) is 12.0. The monoisotopic (exact) mass is 528 g/mol. The molecule has 1 atom stereocenters. The Kier molecular flexibility index (Phi) is 7.59. The zero-order valence-corrected chi connectivity index (χ0v) is 23.1. The van der Waals surface area contributed by atoms with Crippen LogP contribution in [-0.2, 0) is 24.3 Å². The van der Waals surface area contributed by atoms with E-state index in [1.54, 1.807) is 18.6 Å². The normalized spacial score (nSPS) is 19.9. The van der Waals surface area contributed by atoms with Gasteiger partial charge < -0.3 is 4.74 Å². The molecule has 0 saturated carbocycles. The SMILES string of the molecule is C[Si](C)(C)CCCC(=O)O[C@@]1(c2ccc(-c3ccc(-c4cnccn4)cc3)s2)CCCCS1(=O)=O. The van der Waals surface area contributed by atoms with Gasteiger partial charge in [-0.1, -0.05) is 50.0 Å². The summed E-state index contributed by atoms with van der Waals surface area (Å²) in [5, 5.41) is 0. The van der Waals surface area contributed by atoms with E-state index in [0.29, 0.717) is 24.1 Å². The van der Waals surface area contributed by atoms with E-state index >= 15 is 0 Å². The fourth-order valence-electron chi connectivity index (χ4n) is 4.36. The second-order valence-electron chi connectivity index (χ2n) is 10.2. The average molecular weight is 529 g/mol. The van der Waals surface area contributed by atoms with Crippen LogP contribution >= 0.6 is 11.3 Å². The van der Waals surface area contributed by atoms with Crippen LogP contribution in [0.1, 0.15) is 37.0 Å². The zero-order chi connectivity index (χ0) is 25.1. The number of hydrogen-bond acceptors (Lipinski definition) is 7. The van der Waals surface area contributed by atoms with Crippen molar-refractivity contribution in [1.82, 2.24) is 9.97 Å². The minimum atomic E-state index is -3.64. The lowest BCUT2D eigenvalue weighted by molar-refractivity contribution is -0.153. The highest BCUT2D eigenvalue weighted by atomic mass is 32.2. The van der Waals surface area contributed by atoms with Crippen molar-refractivity contribution in [3.8, 4) is 21.7 Å². The van der Waals surface area contributed by atoms with Gasteiger partial charge in [-0.25, -0.2) is 8.42 Å². The summed E-state index contributed by atoms with van der Waals surface area (Å²) in [5.74, 6) is -0.383. The molecule has 1 aliphatic rings. The van der Waals surface area contributed by atoms with E-state index in [2.05, 4.69) is 29.6 Å². The van der Waals surface area contributed by atoms with Crippen molar-refractivity contribution in [3.63, 3.8) is 0 Å². The van der Waals surface area contributed by atoms with E-state index in [4.69, 9.17) is 4.74 Å². The first-order chi connectivity index (χ1) is 16.6. The Morgan fingerprint density at radius 2 is 1.80 bits per heavy atom. The fourth-order valence-corrected chi connectivity index (χ4v) is 9.13. The zero-order valence-electron chi connectivity index (χ0n) is 20.5. The molecule has 0 unspecified atom stereocenters. The highest BCUT2D eigenvalue weighted by Crippen LogP contribution is 2.46. The molecule has 0 amide bonds. The smallest absolute Gasteiger partial charge is 0.307 e. The van der Waals surface area contributed by atoms with E-state index in [-0.39, 0.29) is 12.2 Å². The topological polar surface area (TPSA) is 86.2 Å². The van der Waals surface area contributed by atoms with Crippen LogP contribution in [0.2, 0.25) is 25.7 Å². The second-order valence-corrected chi connectivity index (χ2v) is 19.3. The standard InChI is InChI=1S/C26H32N2O4S2Si/c1-35(2,3)18-6-7-25(29)32-26(14-4-5-17-34(26,30)31)24-13-12-23(33-24)21-10-8-20(9-11-21)22-19-27-15-16-28-22/h8-13,15-16,19H,4-7,14,17-18H2,1-3H3/t26-/m0/s1. The van der Waals surface area contributed by atoms with Crippen molar-refractivity contribution in [2.24, 2.45) is 0 Å². The van der Waals surface area contributed by atoms with Gasteiger partial charge in [0, 0.05) is 43.7 Å². The van der Waals surface area contributed by atoms with Crippen molar-refractivity contribution in [3.05, 3.63) is 59.9 Å². The molecule has 1 aliphatic heterocycles. The molecular weight excluding hydrogens is 497 g/mol. The highest BCUT2D eigenvalue weighted by Gasteiger charge is 2.51. The molecule has 186 valence electrons. The molecule has 2 aromatic heterocycles. The van der Waals surface area contributed by atoms with Crippen LogP contribution in [0.3, 0.4) is 0 Å². The molecule has 1 aromatic carbocycles. The van der Waals surface area contributed by atoms with Crippen LogP contribution in [-0.4, -0.2) is 38.2 Å². The van der Waals surface area contributed by atoms with Gasteiger partial charge in [-0.05, 0) is 37.0 Å². The number of nitrogens with zero attached hydrogens (tertiary/aromatic N) is 2. The molecule has 0 aliphatic carbocycles. The number of benzene rings is 1. The summed E-state index contributed by atoms with van der Waals surface area (Å²) >= 11 is 1.39. The average Bonchev–Trinajstić information content (AvgIpc) is 3.31. The third kappa shape index (κ3) is 5.90. The molecule has 0 N–H and O–H groups in total. The Balaban J connectivity index is 1.59. The molecule has 1 fully saturated rings. The minimum Gasteiger partial charge on any atom is -0.437 e. The maximum Gasteiger partial charge on any atom is 0.307 e. The van der Waals surface area contributed by atoms with Crippen LogP contribution < -0.4 is 0 Å². The van der Waals surface area contributed by atoms with Crippen LogP contribution in [0, 0.1) is 0 Å². The molecule has 6 nitrogen and oxygen atoms in total. The molecule has 0 spiro atoms. The summed E-state index contributed by atoms with van der Waals surface area (Å²) in [7, 11) is -4.92. The van der Waals surface area contributed by atoms with E-state index in [0.717, 1.165) is 34.2 Å². The summed E-state index contributed by atoms with van der Waals surface area (Å²) in [5.41, 5.74) is 2.72. The van der Waals surface area contributed by atoms with E-state index in [1.165, 1.54) is 11.3 Å². The van der Waals surface area contributed by atoms with Gasteiger partial charge in [0.15, 0.2) is 9.84 Å². The predicted octanol–water partition coefficient (Wildman–Crippen LogP) is 6.29. The lowest BCUT2D eigenvalue weighted by atomic mass is 10.1. The molecule has 35 heavy (non-hydrogen) atoms. The van der Waals surface area contributed by atoms with Crippen molar-refractivity contribution >= 4 is 35.2 Å². The molecule has 9 heteroatoms. The number of esters is 1.